The molecule has 1 amide bonds. The van der Waals surface area contributed by atoms with Gasteiger partial charge in [0.05, 0.1) is 5.75 Å². The molecule has 0 saturated carbocycles. The van der Waals surface area contributed by atoms with E-state index in [2.05, 4.69) is 10.1 Å². The lowest BCUT2D eigenvalue weighted by Crippen LogP contribution is -2.36. The van der Waals surface area contributed by atoms with E-state index in [0.29, 0.717) is 39.1 Å². The molecule has 0 saturated heterocycles. The van der Waals surface area contributed by atoms with E-state index in [9.17, 15) is 13.2 Å². The third kappa shape index (κ3) is 6.20. The molecule has 0 spiro atoms. The van der Waals surface area contributed by atoms with Crippen LogP contribution in [0.1, 0.15) is 46.5 Å². The van der Waals surface area contributed by atoms with E-state index in [-0.39, 0.29) is 16.9 Å². The van der Waals surface area contributed by atoms with Gasteiger partial charge in [-0.2, -0.15) is 4.68 Å². The molecule has 1 rings (SSSR count). The van der Waals surface area contributed by atoms with Crippen LogP contribution in [0.15, 0.2) is 11.5 Å². The van der Waals surface area contributed by atoms with Crippen molar-refractivity contribution in [2.45, 2.75) is 51.6 Å². The summed E-state index contributed by atoms with van der Waals surface area (Å²) in [7, 11) is -3.54. The molecule has 0 N–H and O–H groups in total. The number of sulfone groups is 1. The van der Waals surface area contributed by atoms with E-state index in [1.165, 1.54) is 6.33 Å². The summed E-state index contributed by atoms with van der Waals surface area (Å²) in [5.74, 6) is 0.00485. The first-order valence-electron chi connectivity index (χ1n) is 8.47. The number of hydrogen-bond donors (Lipinski definition) is 0. The van der Waals surface area contributed by atoms with E-state index in [0.717, 1.165) is 17.5 Å². The first-order valence-corrected chi connectivity index (χ1v) is 10.1. The van der Waals surface area contributed by atoms with Gasteiger partial charge in [-0.05, 0) is 26.7 Å². The number of nitrogens with zero attached hydrogens (tertiary/aromatic N) is 4. The summed E-state index contributed by atoms with van der Waals surface area (Å²) in [4.78, 5) is 17.8. The molecule has 0 bridgehead atoms. The lowest BCUT2D eigenvalue weighted by molar-refractivity contribution is 0.134. The Morgan fingerprint density at radius 1 is 1.25 bits per heavy atom. The number of hydrogen-bond acceptors (Lipinski definition) is 6. The van der Waals surface area contributed by atoms with Gasteiger partial charge in [0.2, 0.25) is 9.84 Å². The Hall–Kier alpha value is -1.48. The van der Waals surface area contributed by atoms with E-state index in [4.69, 9.17) is 4.74 Å². The van der Waals surface area contributed by atoms with Gasteiger partial charge in [0.1, 0.15) is 6.33 Å². The monoisotopic (exact) mass is 360 g/mol. The number of ether oxygens (including phenoxy) is 1. The summed E-state index contributed by atoms with van der Waals surface area (Å²) in [6.07, 6.45) is 4.22. The van der Waals surface area contributed by atoms with Crippen molar-refractivity contribution in [2.75, 3.05) is 32.1 Å². The topological polar surface area (TPSA) is 94.4 Å². The van der Waals surface area contributed by atoms with Crippen LogP contribution in [0.2, 0.25) is 0 Å². The standard InChI is InChI=1S/C15H28N4O4S/c1-4-7-8-12-24(21,22)14-16-13-19(17-14)15(20)18(5-2)10-9-11-23-6-3/h13H,4-12H2,1-3H3. The third-order valence-electron chi connectivity index (χ3n) is 3.53. The zero-order valence-electron chi connectivity index (χ0n) is 14.8. The van der Waals surface area contributed by atoms with Gasteiger partial charge in [-0.25, -0.2) is 18.2 Å². The van der Waals surface area contributed by atoms with E-state index in [1.54, 1.807) is 4.90 Å². The molecule has 0 aliphatic carbocycles. The SMILES string of the molecule is CCCCCS(=O)(=O)c1ncn(C(=O)N(CC)CCCOCC)n1. The van der Waals surface area contributed by atoms with Crippen molar-refractivity contribution in [3.63, 3.8) is 0 Å². The molecule has 0 aliphatic heterocycles. The van der Waals surface area contributed by atoms with Crippen LogP contribution >= 0.6 is 0 Å². The summed E-state index contributed by atoms with van der Waals surface area (Å²) in [6, 6.07) is -0.378. The largest absolute Gasteiger partial charge is 0.382 e. The van der Waals surface area contributed by atoms with E-state index < -0.39 is 9.84 Å². The van der Waals surface area contributed by atoms with Crippen LogP contribution < -0.4 is 0 Å². The van der Waals surface area contributed by atoms with Crippen molar-refractivity contribution >= 4 is 15.9 Å². The molecular weight excluding hydrogens is 332 g/mol. The Balaban J connectivity index is 2.70. The van der Waals surface area contributed by atoms with Gasteiger partial charge in [0.25, 0.3) is 5.16 Å². The van der Waals surface area contributed by atoms with Crippen molar-refractivity contribution in [3.8, 4) is 0 Å². The molecule has 1 aromatic rings. The number of amides is 1. The maximum atomic E-state index is 12.4. The van der Waals surface area contributed by atoms with Crippen LogP contribution in [0, 0.1) is 0 Å². The van der Waals surface area contributed by atoms with Crippen molar-refractivity contribution in [1.82, 2.24) is 19.7 Å². The minimum Gasteiger partial charge on any atom is -0.382 e. The first kappa shape index (κ1) is 20.6. The summed E-state index contributed by atoms with van der Waals surface area (Å²) < 4.78 is 30.5. The van der Waals surface area contributed by atoms with E-state index >= 15 is 0 Å². The molecule has 1 aromatic heterocycles. The highest BCUT2D eigenvalue weighted by Gasteiger charge is 2.22. The highest BCUT2D eigenvalue weighted by molar-refractivity contribution is 7.91. The summed E-state index contributed by atoms with van der Waals surface area (Å²) in [6.45, 7) is 8.02. The maximum absolute atomic E-state index is 12.4. The molecule has 0 radical (unpaired) electrons. The fourth-order valence-corrected chi connectivity index (χ4v) is 3.34. The molecule has 1 heterocycles. The second kappa shape index (κ2) is 10.4. The predicted octanol–water partition coefficient (Wildman–Crippen LogP) is 1.96. The van der Waals surface area contributed by atoms with Gasteiger partial charge in [0.15, 0.2) is 0 Å². The van der Waals surface area contributed by atoms with Crippen molar-refractivity contribution in [1.29, 1.82) is 0 Å². The summed E-state index contributed by atoms with van der Waals surface area (Å²) in [5, 5.41) is 3.59. The predicted molar refractivity (Wildman–Crippen MR) is 90.8 cm³/mol. The number of carbonyl (C=O) groups excluding carboxylic acids is 1. The fourth-order valence-electron chi connectivity index (χ4n) is 2.15. The highest BCUT2D eigenvalue weighted by Crippen LogP contribution is 2.08. The molecular formula is C15H28N4O4S. The molecule has 0 unspecified atom stereocenters. The second-order valence-electron chi connectivity index (χ2n) is 5.41. The number of unbranched alkanes of at least 4 members (excludes halogenated alkanes) is 2. The van der Waals surface area contributed by atoms with Gasteiger partial charge < -0.3 is 9.64 Å². The summed E-state index contributed by atoms with van der Waals surface area (Å²) >= 11 is 0. The Morgan fingerprint density at radius 2 is 2.00 bits per heavy atom. The molecule has 8 nitrogen and oxygen atoms in total. The Labute approximate surface area is 144 Å². The Kier molecular flexibility index (Phi) is 8.91. The number of aromatic nitrogens is 3. The van der Waals surface area contributed by atoms with Crippen LogP contribution in [0.3, 0.4) is 0 Å². The molecule has 138 valence electrons. The Morgan fingerprint density at radius 3 is 2.62 bits per heavy atom. The lowest BCUT2D eigenvalue weighted by atomic mass is 10.3. The van der Waals surface area contributed by atoms with Gasteiger partial charge >= 0.3 is 6.03 Å². The van der Waals surface area contributed by atoms with Crippen molar-refractivity contribution in [2.24, 2.45) is 0 Å². The average Bonchev–Trinajstić information content (AvgIpc) is 3.05. The minimum atomic E-state index is -3.54. The molecule has 0 aromatic carbocycles. The van der Waals surface area contributed by atoms with Crippen LogP contribution in [-0.2, 0) is 14.6 Å². The second-order valence-corrected chi connectivity index (χ2v) is 7.41. The van der Waals surface area contributed by atoms with Crippen LogP contribution in [0.5, 0.6) is 0 Å². The molecule has 9 heteroatoms. The smallest absolute Gasteiger partial charge is 0.346 e. The minimum absolute atomic E-state index is 0.00485. The normalized spacial score (nSPS) is 11.6. The van der Waals surface area contributed by atoms with Crippen LogP contribution in [0.4, 0.5) is 4.79 Å². The molecule has 0 aliphatic rings. The van der Waals surface area contributed by atoms with Crippen molar-refractivity contribution < 1.29 is 17.9 Å². The van der Waals surface area contributed by atoms with Gasteiger partial charge in [-0.3, -0.25) is 0 Å². The van der Waals surface area contributed by atoms with Crippen LogP contribution in [0.25, 0.3) is 0 Å². The fraction of sp³-hybridized carbons (Fsp3) is 0.800. The summed E-state index contributed by atoms with van der Waals surface area (Å²) in [5.41, 5.74) is 0. The Bertz CT molecular complexity index is 600. The first-order chi connectivity index (χ1) is 11.5. The maximum Gasteiger partial charge on any atom is 0.346 e. The molecule has 0 atom stereocenters. The van der Waals surface area contributed by atoms with Gasteiger partial charge in [-0.1, -0.05) is 19.8 Å². The van der Waals surface area contributed by atoms with Crippen LogP contribution in [-0.4, -0.2) is 66.2 Å². The zero-order valence-corrected chi connectivity index (χ0v) is 15.6. The van der Waals surface area contributed by atoms with E-state index in [1.807, 2.05) is 20.8 Å². The highest BCUT2D eigenvalue weighted by atomic mass is 32.2. The average molecular weight is 360 g/mol. The third-order valence-corrected chi connectivity index (χ3v) is 5.10. The van der Waals surface area contributed by atoms with Crippen molar-refractivity contribution in [3.05, 3.63) is 6.33 Å². The lowest BCUT2D eigenvalue weighted by Gasteiger charge is -2.19. The quantitative estimate of drug-likeness (QED) is 0.560. The molecule has 24 heavy (non-hydrogen) atoms. The number of rotatable bonds is 11. The zero-order chi connectivity index (χ0) is 18.0. The molecule has 0 fully saturated rings. The van der Waals surface area contributed by atoms with Gasteiger partial charge in [0, 0.05) is 26.3 Å². The number of carbonyl (C=O) groups is 1. The van der Waals surface area contributed by atoms with Gasteiger partial charge in [-0.15, -0.1) is 5.10 Å².